The molecule has 2 saturated carbocycles. The molecule has 3 aromatic rings. The minimum absolute atomic E-state index is 0.0149. The highest BCUT2D eigenvalue weighted by molar-refractivity contribution is 5.98. The Morgan fingerprint density at radius 2 is 1.80 bits per heavy atom. The van der Waals surface area contributed by atoms with Crippen molar-refractivity contribution in [1.82, 2.24) is 34.2 Å². The van der Waals surface area contributed by atoms with Crippen molar-refractivity contribution in [1.29, 1.82) is 0 Å². The number of pyridine rings is 1. The average Bonchev–Trinajstić information content (AvgIpc) is 3.77. The zero-order valence-electron chi connectivity index (χ0n) is 26.8. The Morgan fingerprint density at radius 3 is 2.40 bits per heavy atom. The lowest BCUT2D eigenvalue weighted by molar-refractivity contribution is -0.0574. The molecule has 6 atom stereocenters. The van der Waals surface area contributed by atoms with Gasteiger partial charge in [-0.3, -0.25) is 14.6 Å². The summed E-state index contributed by atoms with van der Waals surface area (Å²) < 4.78 is 7.81. The summed E-state index contributed by atoms with van der Waals surface area (Å²) >= 11 is 0. The van der Waals surface area contributed by atoms with E-state index in [1.54, 1.807) is 31.4 Å². The van der Waals surface area contributed by atoms with E-state index in [0.29, 0.717) is 42.0 Å². The summed E-state index contributed by atoms with van der Waals surface area (Å²) in [7, 11) is 3.56. The Kier molecular flexibility index (Phi) is 7.47. The number of aromatic nitrogens is 4. The van der Waals surface area contributed by atoms with Crippen LogP contribution in [-0.4, -0.2) is 96.2 Å². The highest BCUT2D eigenvalue weighted by Gasteiger charge is 2.46. The molecule has 12 heteroatoms. The second-order valence-electron chi connectivity index (χ2n) is 14.5. The van der Waals surface area contributed by atoms with Gasteiger partial charge in [0.05, 0.1) is 0 Å². The van der Waals surface area contributed by atoms with Gasteiger partial charge >= 0.3 is 6.09 Å². The third-order valence-corrected chi connectivity index (χ3v) is 10.0. The van der Waals surface area contributed by atoms with Gasteiger partial charge in [0.2, 0.25) is 5.95 Å². The topological polar surface area (TPSA) is 129 Å². The predicted molar refractivity (Wildman–Crippen MR) is 169 cm³/mol. The van der Waals surface area contributed by atoms with Gasteiger partial charge in [-0.1, -0.05) is 6.42 Å². The maximum atomic E-state index is 13.2. The Labute approximate surface area is 263 Å². The lowest BCUT2D eigenvalue weighted by Crippen LogP contribution is -2.57. The van der Waals surface area contributed by atoms with E-state index in [-0.39, 0.29) is 30.1 Å². The zero-order chi connectivity index (χ0) is 31.6. The SMILES string of the molecule is CN(C)C(=O)c1cc2cnc(Nc3ccc(C(O)N4CC5CCC(C4)N5C(=O)OC(C)(C)C)cn3)nc2n1C1CC2CCC1C2. The van der Waals surface area contributed by atoms with Crippen molar-refractivity contribution in [2.75, 3.05) is 32.5 Å². The van der Waals surface area contributed by atoms with Crippen LogP contribution in [0.15, 0.2) is 30.6 Å². The standard InChI is InChI=1S/C33H44N8O4/c1-33(2,3)45-32(44)40-23-9-10-24(40)18-39(17-23)29(42)21-8-11-27(34-15-21)36-31-35-16-22-14-26(30(43)38(4)5)41(28(22)37-31)25-13-19-6-7-20(25)12-19/h8,11,14-16,19-20,23-25,29,42H,6-7,9-10,12-13,17-18H2,1-5H3,(H,34,35,36,37). The molecule has 0 radical (unpaired) electrons. The Bertz CT molecular complexity index is 1580. The van der Waals surface area contributed by atoms with Crippen LogP contribution in [0.3, 0.4) is 0 Å². The highest BCUT2D eigenvalue weighted by Crippen LogP contribution is 2.52. The van der Waals surface area contributed by atoms with Gasteiger partial charge in [-0.25, -0.2) is 14.8 Å². The Hall–Kier alpha value is -3.77. The summed E-state index contributed by atoms with van der Waals surface area (Å²) in [6, 6.07) is 5.88. The van der Waals surface area contributed by atoms with Gasteiger partial charge in [0.1, 0.15) is 29.0 Å². The van der Waals surface area contributed by atoms with Crippen LogP contribution in [0, 0.1) is 11.8 Å². The molecular weight excluding hydrogens is 572 g/mol. The van der Waals surface area contributed by atoms with Gasteiger partial charge in [-0.2, -0.15) is 4.98 Å². The maximum absolute atomic E-state index is 13.2. The van der Waals surface area contributed by atoms with Crippen molar-refractivity contribution in [3.05, 3.63) is 41.9 Å². The number of nitrogens with one attached hydrogen (secondary N) is 1. The van der Waals surface area contributed by atoms with Crippen LogP contribution in [0.2, 0.25) is 0 Å². The zero-order valence-corrected chi connectivity index (χ0v) is 26.8. The van der Waals surface area contributed by atoms with Crippen LogP contribution in [0.4, 0.5) is 16.6 Å². The molecule has 45 heavy (non-hydrogen) atoms. The summed E-state index contributed by atoms with van der Waals surface area (Å²) in [5.74, 6) is 2.23. The molecule has 7 rings (SSSR count). The minimum Gasteiger partial charge on any atom is -0.444 e. The fourth-order valence-electron chi connectivity index (χ4n) is 8.03. The van der Waals surface area contributed by atoms with Crippen LogP contribution >= 0.6 is 0 Å². The lowest BCUT2D eigenvalue weighted by atomic mass is 9.95. The summed E-state index contributed by atoms with van der Waals surface area (Å²) in [5, 5.41) is 15.3. The number of carbonyl (C=O) groups excluding carboxylic acids is 2. The van der Waals surface area contributed by atoms with Gasteiger partial charge in [-0.15, -0.1) is 0 Å². The lowest BCUT2D eigenvalue weighted by Gasteiger charge is -2.42. The number of anilines is 2. The van der Waals surface area contributed by atoms with Crippen LogP contribution in [0.5, 0.6) is 0 Å². The van der Waals surface area contributed by atoms with Crippen molar-refractivity contribution in [3.8, 4) is 0 Å². The first-order valence-electron chi connectivity index (χ1n) is 16.2. The number of carbonyl (C=O) groups is 2. The van der Waals surface area contributed by atoms with Crippen LogP contribution in [0.1, 0.15) is 87.6 Å². The van der Waals surface area contributed by atoms with Gasteiger partial charge in [0.15, 0.2) is 0 Å². The third-order valence-electron chi connectivity index (χ3n) is 10.0. The Morgan fingerprint density at radius 1 is 1.04 bits per heavy atom. The van der Waals surface area contributed by atoms with E-state index in [2.05, 4.69) is 19.9 Å². The molecule has 2 aliphatic carbocycles. The molecule has 2 N–H and O–H groups in total. The quantitative estimate of drug-likeness (QED) is 0.405. The van der Waals surface area contributed by atoms with Crippen molar-refractivity contribution in [2.45, 2.75) is 89.3 Å². The van der Waals surface area contributed by atoms with Gasteiger partial charge in [0, 0.05) is 68.7 Å². The molecule has 3 aromatic heterocycles. The van der Waals surface area contributed by atoms with Gasteiger partial charge < -0.3 is 24.6 Å². The Balaban J connectivity index is 1.06. The summed E-state index contributed by atoms with van der Waals surface area (Å²) in [4.78, 5) is 45.5. The van der Waals surface area contributed by atoms with Gasteiger partial charge in [0.25, 0.3) is 5.91 Å². The van der Waals surface area contributed by atoms with Crippen molar-refractivity contribution in [2.24, 2.45) is 11.8 Å². The number of hydrogen-bond acceptors (Lipinski definition) is 9. The van der Waals surface area contributed by atoms with Crippen molar-refractivity contribution >= 4 is 34.8 Å². The van der Waals surface area contributed by atoms with E-state index in [4.69, 9.17) is 9.72 Å². The largest absolute Gasteiger partial charge is 0.444 e. The van der Waals surface area contributed by atoms with Crippen LogP contribution in [-0.2, 0) is 4.74 Å². The number of aliphatic hydroxyl groups is 1. The highest BCUT2D eigenvalue weighted by atomic mass is 16.6. The fourth-order valence-corrected chi connectivity index (χ4v) is 8.03. The normalized spacial score (nSPS) is 26.8. The first-order valence-corrected chi connectivity index (χ1v) is 16.2. The number of amides is 2. The maximum Gasteiger partial charge on any atom is 0.410 e. The minimum atomic E-state index is -0.833. The summed E-state index contributed by atoms with van der Waals surface area (Å²) in [5.41, 5.74) is 1.57. The molecular formula is C33H44N8O4. The number of ether oxygens (including phenoxy) is 1. The summed E-state index contributed by atoms with van der Waals surface area (Å²) in [6.45, 7) is 6.79. The molecule has 12 nitrogen and oxygen atoms in total. The molecule has 5 heterocycles. The van der Waals surface area contributed by atoms with E-state index in [1.807, 2.05) is 48.8 Å². The van der Waals surface area contributed by atoms with E-state index in [1.165, 1.54) is 19.3 Å². The van der Waals surface area contributed by atoms with Gasteiger partial charge in [-0.05, 0) is 82.9 Å². The van der Waals surface area contributed by atoms with E-state index in [9.17, 15) is 14.7 Å². The number of fused-ring (bicyclic) bond motifs is 5. The van der Waals surface area contributed by atoms with Crippen molar-refractivity contribution in [3.63, 3.8) is 0 Å². The number of nitrogens with zero attached hydrogens (tertiary/aromatic N) is 7. The number of rotatable bonds is 6. The van der Waals surface area contributed by atoms with Crippen molar-refractivity contribution < 1.29 is 19.4 Å². The molecule has 4 fully saturated rings. The number of aliphatic hydroxyl groups excluding tert-OH is 1. The predicted octanol–water partition coefficient (Wildman–Crippen LogP) is 4.71. The van der Waals surface area contributed by atoms with E-state index >= 15 is 0 Å². The van der Waals surface area contributed by atoms with E-state index in [0.717, 1.165) is 36.2 Å². The molecule has 4 bridgehead atoms. The smallest absolute Gasteiger partial charge is 0.410 e. The number of hydrogen-bond donors (Lipinski definition) is 2. The van der Waals surface area contributed by atoms with Crippen LogP contribution < -0.4 is 5.32 Å². The third kappa shape index (κ3) is 5.63. The number of likely N-dealkylation sites (tertiary alicyclic amines) is 1. The molecule has 0 spiro atoms. The van der Waals surface area contributed by atoms with E-state index < -0.39 is 11.8 Å². The molecule has 240 valence electrons. The number of piperazine rings is 1. The van der Waals surface area contributed by atoms with Crippen LogP contribution in [0.25, 0.3) is 11.0 Å². The monoisotopic (exact) mass is 616 g/mol. The molecule has 4 aliphatic rings. The summed E-state index contributed by atoms with van der Waals surface area (Å²) in [6.07, 6.45) is 8.90. The molecule has 2 saturated heterocycles. The molecule has 2 aliphatic heterocycles. The second kappa shape index (κ2) is 11.2. The fraction of sp³-hybridized carbons (Fsp3) is 0.606. The first-order chi connectivity index (χ1) is 21.4. The molecule has 6 unspecified atom stereocenters. The first kappa shape index (κ1) is 29.9. The average molecular weight is 617 g/mol. The molecule has 0 aromatic carbocycles. The second-order valence-corrected chi connectivity index (χ2v) is 14.5. The molecule has 2 amide bonds.